The fourth-order valence-electron chi connectivity index (χ4n) is 4.78. The molecule has 1 aliphatic carbocycles. The summed E-state index contributed by atoms with van der Waals surface area (Å²) in [5.41, 5.74) is 6.61. The molecule has 186 valence electrons. The van der Waals surface area contributed by atoms with Crippen LogP contribution < -0.4 is 16.4 Å². The van der Waals surface area contributed by atoms with Crippen molar-refractivity contribution in [3.8, 4) is 0 Å². The van der Waals surface area contributed by atoms with Gasteiger partial charge in [0.2, 0.25) is 17.8 Å². The van der Waals surface area contributed by atoms with Gasteiger partial charge in [0.05, 0.1) is 16.9 Å². The molecule has 3 heterocycles. The monoisotopic (exact) mass is 505 g/mol. The summed E-state index contributed by atoms with van der Waals surface area (Å²) in [6.45, 7) is 1.36. The second-order valence-corrected chi connectivity index (χ2v) is 9.43. The molecule has 35 heavy (non-hydrogen) atoms. The molecule has 1 saturated carbocycles. The van der Waals surface area contributed by atoms with Crippen molar-refractivity contribution in [3.05, 3.63) is 35.0 Å². The number of hydrogen-bond acceptors (Lipinski definition) is 7. The maximum absolute atomic E-state index is 14.5. The number of amides is 1. The standard InChI is InChI=1S/C23H26ClF2N7O2/c24-15-9-18(17(26)10-16(15)25)30-23-31-19-11-28-22(29-13-5-7-35-8-6-13)32-21(19)33(23)14-3-1-12(2-4-14)20(27)34/h9-14H,1-8H2,(H2,27,34)(H,30,31)(H,28,29,32)/t12-,14-. The van der Waals surface area contributed by atoms with Crippen molar-refractivity contribution in [2.75, 3.05) is 23.8 Å². The lowest BCUT2D eigenvalue weighted by molar-refractivity contribution is -0.122. The van der Waals surface area contributed by atoms with Gasteiger partial charge in [-0.05, 0) is 44.6 Å². The van der Waals surface area contributed by atoms with Gasteiger partial charge in [-0.25, -0.2) is 18.7 Å². The summed E-state index contributed by atoms with van der Waals surface area (Å²) >= 11 is 5.89. The number of aromatic nitrogens is 4. The highest BCUT2D eigenvalue weighted by molar-refractivity contribution is 6.31. The van der Waals surface area contributed by atoms with E-state index in [4.69, 9.17) is 27.1 Å². The van der Waals surface area contributed by atoms with Crippen molar-refractivity contribution < 1.29 is 18.3 Å². The van der Waals surface area contributed by atoms with Crippen molar-refractivity contribution in [2.24, 2.45) is 11.7 Å². The Hall–Kier alpha value is -3.05. The molecule has 0 radical (unpaired) electrons. The van der Waals surface area contributed by atoms with Gasteiger partial charge in [-0.2, -0.15) is 4.98 Å². The summed E-state index contributed by atoms with van der Waals surface area (Å²) in [6.07, 6.45) is 5.95. The van der Waals surface area contributed by atoms with Crippen LogP contribution in [0.4, 0.5) is 26.4 Å². The van der Waals surface area contributed by atoms with E-state index in [1.54, 1.807) is 6.20 Å². The Kier molecular flexibility index (Phi) is 6.70. The molecular weight excluding hydrogens is 480 g/mol. The van der Waals surface area contributed by atoms with E-state index in [0.29, 0.717) is 62.0 Å². The molecule has 0 spiro atoms. The van der Waals surface area contributed by atoms with Crippen LogP contribution in [0.15, 0.2) is 18.3 Å². The summed E-state index contributed by atoms with van der Waals surface area (Å²) in [5.74, 6) is -1.31. The summed E-state index contributed by atoms with van der Waals surface area (Å²) in [4.78, 5) is 25.4. The van der Waals surface area contributed by atoms with Crippen molar-refractivity contribution in [2.45, 2.75) is 50.6 Å². The molecule has 1 amide bonds. The maximum atomic E-state index is 14.5. The van der Waals surface area contributed by atoms with Crippen LogP contribution in [0.1, 0.15) is 44.6 Å². The van der Waals surface area contributed by atoms with E-state index in [-0.39, 0.29) is 34.6 Å². The maximum Gasteiger partial charge on any atom is 0.224 e. The predicted octanol–water partition coefficient (Wildman–Crippen LogP) is 4.31. The lowest BCUT2D eigenvalue weighted by atomic mass is 9.85. The molecule has 1 saturated heterocycles. The average Bonchev–Trinajstić information content (AvgIpc) is 3.20. The zero-order chi connectivity index (χ0) is 24.5. The number of fused-ring (bicyclic) bond motifs is 1. The minimum atomic E-state index is -0.845. The summed E-state index contributed by atoms with van der Waals surface area (Å²) < 4.78 is 35.5. The third-order valence-electron chi connectivity index (χ3n) is 6.71. The lowest BCUT2D eigenvalue weighted by Crippen LogP contribution is -2.29. The highest BCUT2D eigenvalue weighted by Gasteiger charge is 2.29. The molecule has 0 bridgehead atoms. The van der Waals surface area contributed by atoms with Gasteiger partial charge in [0.25, 0.3) is 0 Å². The number of carbonyl (C=O) groups is 1. The molecule has 0 atom stereocenters. The Bertz CT molecular complexity index is 1240. The van der Waals surface area contributed by atoms with E-state index in [0.717, 1.165) is 18.9 Å². The van der Waals surface area contributed by atoms with E-state index in [1.807, 2.05) is 4.57 Å². The molecule has 12 heteroatoms. The molecule has 2 aliphatic rings. The van der Waals surface area contributed by atoms with E-state index < -0.39 is 11.6 Å². The number of rotatable bonds is 6. The van der Waals surface area contributed by atoms with Crippen LogP contribution in [-0.4, -0.2) is 44.7 Å². The first-order valence-electron chi connectivity index (χ1n) is 11.7. The summed E-state index contributed by atoms with van der Waals surface area (Å²) in [5, 5.41) is 6.12. The number of nitrogens with zero attached hydrogens (tertiary/aromatic N) is 4. The van der Waals surface area contributed by atoms with Crippen LogP contribution in [0, 0.1) is 17.6 Å². The zero-order valence-electron chi connectivity index (χ0n) is 18.9. The third kappa shape index (κ3) is 5.01. The van der Waals surface area contributed by atoms with Gasteiger partial charge in [0.1, 0.15) is 17.2 Å². The summed E-state index contributed by atoms with van der Waals surface area (Å²) in [7, 11) is 0. The molecule has 2 aromatic heterocycles. The average molecular weight is 506 g/mol. The van der Waals surface area contributed by atoms with Crippen LogP contribution in [0.5, 0.6) is 0 Å². The van der Waals surface area contributed by atoms with E-state index in [9.17, 15) is 13.6 Å². The van der Waals surface area contributed by atoms with Gasteiger partial charge in [0.15, 0.2) is 5.65 Å². The number of hydrogen-bond donors (Lipinski definition) is 3. The first-order valence-corrected chi connectivity index (χ1v) is 12.1. The molecule has 9 nitrogen and oxygen atoms in total. The van der Waals surface area contributed by atoms with Crippen LogP contribution >= 0.6 is 11.6 Å². The van der Waals surface area contributed by atoms with Gasteiger partial charge in [-0.15, -0.1) is 0 Å². The first-order chi connectivity index (χ1) is 16.9. The normalized spacial score (nSPS) is 21.2. The van der Waals surface area contributed by atoms with Gasteiger partial charge in [-0.3, -0.25) is 9.36 Å². The second kappa shape index (κ2) is 9.90. The third-order valence-corrected chi connectivity index (χ3v) is 7.00. The second-order valence-electron chi connectivity index (χ2n) is 9.02. The van der Waals surface area contributed by atoms with Gasteiger partial charge in [-0.1, -0.05) is 11.6 Å². The molecule has 1 aromatic carbocycles. The quantitative estimate of drug-likeness (QED) is 0.427. The summed E-state index contributed by atoms with van der Waals surface area (Å²) in [6, 6.07) is 2.06. The van der Waals surface area contributed by atoms with Gasteiger partial charge in [0, 0.05) is 37.3 Å². The van der Waals surface area contributed by atoms with Gasteiger partial charge < -0.3 is 21.1 Å². The Morgan fingerprint density at radius 2 is 1.83 bits per heavy atom. The lowest BCUT2D eigenvalue weighted by Gasteiger charge is -2.29. The highest BCUT2D eigenvalue weighted by atomic mass is 35.5. The number of ether oxygens (including phenoxy) is 1. The number of anilines is 3. The molecule has 3 aromatic rings. The van der Waals surface area contributed by atoms with Gasteiger partial charge >= 0.3 is 0 Å². The largest absolute Gasteiger partial charge is 0.381 e. The minimum Gasteiger partial charge on any atom is -0.381 e. The van der Waals surface area contributed by atoms with Crippen molar-refractivity contribution in [3.63, 3.8) is 0 Å². The number of nitrogens with two attached hydrogens (primary N) is 1. The SMILES string of the molecule is NC(=O)[C@H]1CC[C@H](n2c(Nc3cc(Cl)c(F)cc3F)nc3cnc(NC4CCOCC4)nc32)CC1. The number of carbonyl (C=O) groups excluding carboxylic acids is 1. The Morgan fingerprint density at radius 1 is 1.09 bits per heavy atom. The number of primary amides is 1. The first kappa shape index (κ1) is 23.7. The van der Waals surface area contributed by atoms with Crippen molar-refractivity contribution in [1.82, 2.24) is 19.5 Å². The fraction of sp³-hybridized carbons (Fsp3) is 0.478. The van der Waals surface area contributed by atoms with Crippen LogP contribution in [0.2, 0.25) is 5.02 Å². The number of benzene rings is 1. The number of nitrogens with one attached hydrogen (secondary N) is 2. The molecule has 1 aliphatic heterocycles. The highest BCUT2D eigenvalue weighted by Crippen LogP contribution is 2.37. The van der Waals surface area contributed by atoms with E-state index in [1.165, 1.54) is 6.07 Å². The topological polar surface area (TPSA) is 120 Å². The van der Waals surface area contributed by atoms with Crippen LogP contribution in [0.3, 0.4) is 0 Å². The fourth-order valence-corrected chi connectivity index (χ4v) is 4.94. The van der Waals surface area contributed by atoms with Crippen LogP contribution in [-0.2, 0) is 9.53 Å². The molecule has 2 fully saturated rings. The number of imidazole rings is 1. The predicted molar refractivity (Wildman–Crippen MR) is 128 cm³/mol. The molecule has 5 rings (SSSR count). The minimum absolute atomic E-state index is 0.00714. The van der Waals surface area contributed by atoms with E-state index in [2.05, 4.69) is 20.6 Å². The number of halogens is 3. The Morgan fingerprint density at radius 3 is 2.54 bits per heavy atom. The van der Waals surface area contributed by atoms with Crippen molar-refractivity contribution in [1.29, 1.82) is 0 Å². The van der Waals surface area contributed by atoms with E-state index >= 15 is 0 Å². The van der Waals surface area contributed by atoms with Crippen LogP contribution in [0.25, 0.3) is 11.2 Å². The Balaban J connectivity index is 1.51. The van der Waals surface area contributed by atoms with Crippen molar-refractivity contribution >= 4 is 46.3 Å². The zero-order valence-corrected chi connectivity index (χ0v) is 19.7. The smallest absolute Gasteiger partial charge is 0.224 e. The molecule has 0 unspecified atom stereocenters. The molecule has 4 N–H and O–H groups in total. The molecular formula is C23H26ClF2N7O2. The Labute approximate surface area is 205 Å².